The predicted octanol–water partition coefficient (Wildman–Crippen LogP) is 3.66. The van der Waals surface area contributed by atoms with Crippen molar-refractivity contribution < 1.29 is 23.8 Å². The van der Waals surface area contributed by atoms with Crippen LogP contribution in [0.4, 0.5) is 4.79 Å². The van der Waals surface area contributed by atoms with E-state index in [9.17, 15) is 9.59 Å². The maximum absolute atomic E-state index is 12.4. The second kappa shape index (κ2) is 9.44. The average Bonchev–Trinajstić information content (AvgIpc) is 3.02. The molecule has 1 unspecified atom stereocenters. The summed E-state index contributed by atoms with van der Waals surface area (Å²) in [5.41, 5.74) is 0.490. The number of rotatable bonds is 6. The van der Waals surface area contributed by atoms with E-state index in [4.69, 9.17) is 14.2 Å². The van der Waals surface area contributed by atoms with Crippen LogP contribution < -0.4 is 4.74 Å². The molecule has 2 rings (SSSR count). The highest BCUT2D eigenvalue weighted by Crippen LogP contribution is 2.30. The second-order valence-corrected chi connectivity index (χ2v) is 8.46. The van der Waals surface area contributed by atoms with Gasteiger partial charge in [-0.1, -0.05) is 28.1 Å². The highest BCUT2D eigenvalue weighted by atomic mass is 79.9. The van der Waals surface area contributed by atoms with Crippen LogP contribution in [-0.2, 0) is 20.7 Å². The standard InChI is InChI=1S/C20H28BrNO5/c1-20(2,3)27-19(24)22-12-15(17(13-22)18(23)25-4)10-14-6-5-7-16(11-14)26-9-8-21/h5-7,11,15,17H,8-10,12-13H2,1-4H3/t15-,17?/m1/s1. The van der Waals surface area contributed by atoms with Gasteiger partial charge in [-0.3, -0.25) is 4.79 Å². The number of halogens is 1. The van der Waals surface area contributed by atoms with E-state index >= 15 is 0 Å². The minimum atomic E-state index is -0.572. The average molecular weight is 442 g/mol. The zero-order valence-electron chi connectivity index (χ0n) is 16.4. The molecule has 1 aromatic rings. The van der Waals surface area contributed by atoms with Crippen LogP contribution in [0.3, 0.4) is 0 Å². The van der Waals surface area contributed by atoms with Gasteiger partial charge in [-0.2, -0.15) is 0 Å². The van der Waals surface area contributed by atoms with Gasteiger partial charge >= 0.3 is 12.1 Å². The van der Waals surface area contributed by atoms with Crippen LogP contribution in [0.25, 0.3) is 0 Å². The summed E-state index contributed by atoms with van der Waals surface area (Å²) in [6.45, 7) is 6.84. The Balaban J connectivity index is 2.10. The van der Waals surface area contributed by atoms with E-state index in [0.717, 1.165) is 16.6 Å². The Morgan fingerprint density at radius 3 is 2.63 bits per heavy atom. The summed E-state index contributed by atoms with van der Waals surface area (Å²) in [6.07, 6.45) is 0.262. The quantitative estimate of drug-likeness (QED) is 0.497. The van der Waals surface area contributed by atoms with Crippen LogP contribution in [0, 0.1) is 11.8 Å². The van der Waals surface area contributed by atoms with Crippen molar-refractivity contribution in [3.8, 4) is 5.75 Å². The van der Waals surface area contributed by atoms with E-state index < -0.39 is 11.7 Å². The smallest absolute Gasteiger partial charge is 0.410 e. The van der Waals surface area contributed by atoms with Gasteiger partial charge < -0.3 is 19.1 Å². The lowest BCUT2D eigenvalue weighted by molar-refractivity contribution is -0.146. The summed E-state index contributed by atoms with van der Waals surface area (Å²) in [5, 5.41) is 0.759. The summed E-state index contributed by atoms with van der Waals surface area (Å²) in [7, 11) is 1.38. The van der Waals surface area contributed by atoms with Crippen molar-refractivity contribution in [3.63, 3.8) is 0 Å². The molecule has 2 atom stereocenters. The lowest BCUT2D eigenvalue weighted by atomic mass is 9.89. The molecule has 1 fully saturated rings. The Labute approximate surface area is 169 Å². The van der Waals surface area contributed by atoms with Gasteiger partial charge in [-0.05, 0) is 50.8 Å². The van der Waals surface area contributed by atoms with Gasteiger partial charge in [0.25, 0.3) is 0 Å². The Kier molecular flexibility index (Phi) is 7.53. The fourth-order valence-corrected chi connectivity index (χ4v) is 3.36. The number of methoxy groups -OCH3 is 1. The molecule has 1 aliphatic rings. The third-order valence-corrected chi connectivity index (χ3v) is 4.66. The number of nitrogens with zero attached hydrogens (tertiary/aromatic N) is 1. The molecular formula is C20H28BrNO5. The van der Waals surface area contributed by atoms with Gasteiger partial charge in [-0.25, -0.2) is 4.79 Å². The van der Waals surface area contributed by atoms with E-state index in [1.165, 1.54) is 7.11 Å². The molecule has 0 N–H and O–H groups in total. The molecule has 0 bridgehead atoms. The van der Waals surface area contributed by atoms with Gasteiger partial charge in [0.05, 0.1) is 19.6 Å². The van der Waals surface area contributed by atoms with Crippen molar-refractivity contribution in [3.05, 3.63) is 29.8 Å². The first-order valence-corrected chi connectivity index (χ1v) is 10.2. The van der Waals surface area contributed by atoms with E-state index in [1.807, 2.05) is 45.0 Å². The van der Waals surface area contributed by atoms with Gasteiger partial charge in [0, 0.05) is 18.4 Å². The predicted molar refractivity (Wildman–Crippen MR) is 106 cm³/mol. The monoisotopic (exact) mass is 441 g/mol. The first-order valence-electron chi connectivity index (χ1n) is 9.07. The van der Waals surface area contributed by atoms with Crippen LogP contribution in [0.2, 0.25) is 0 Å². The minimum absolute atomic E-state index is 0.0311. The number of hydrogen-bond acceptors (Lipinski definition) is 5. The molecular weight excluding hydrogens is 414 g/mol. The van der Waals surface area contributed by atoms with Gasteiger partial charge in [0.1, 0.15) is 11.4 Å². The molecule has 1 aromatic carbocycles. The van der Waals surface area contributed by atoms with Crippen LogP contribution in [0.15, 0.2) is 24.3 Å². The Bertz CT molecular complexity index is 658. The summed E-state index contributed by atoms with van der Waals surface area (Å²) < 4.78 is 16.1. The maximum atomic E-state index is 12.4. The number of likely N-dealkylation sites (tertiary alicyclic amines) is 1. The number of amides is 1. The van der Waals surface area contributed by atoms with Crippen molar-refractivity contribution in [1.29, 1.82) is 0 Å². The molecule has 7 heteroatoms. The second-order valence-electron chi connectivity index (χ2n) is 7.66. The largest absolute Gasteiger partial charge is 0.493 e. The summed E-state index contributed by atoms with van der Waals surface area (Å²) in [6, 6.07) is 7.83. The Morgan fingerprint density at radius 2 is 2.00 bits per heavy atom. The molecule has 27 heavy (non-hydrogen) atoms. The molecule has 0 saturated carbocycles. The first-order chi connectivity index (χ1) is 12.7. The van der Waals surface area contributed by atoms with Crippen molar-refractivity contribution in [2.75, 3.05) is 32.1 Å². The molecule has 1 saturated heterocycles. The Morgan fingerprint density at radius 1 is 1.26 bits per heavy atom. The van der Waals surface area contributed by atoms with Gasteiger partial charge in [0.2, 0.25) is 0 Å². The van der Waals surface area contributed by atoms with E-state index in [-0.39, 0.29) is 17.8 Å². The molecule has 6 nitrogen and oxygen atoms in total. The molecule has 150 valence electrons. The molecule has 0 aromatic heterocycles. The van der Waals surface area contributed by atoms with Crippen molar-refractivity contribution in [2.24, 2.45) is 11.8 Å². The van der Waals surface area contributed by atoms with E-state index in [2.05, 4.69) is 15.9 Å². The third-order valence-electron chi connectivity index (χ3n) is 4.34. The van der Waals surface area contributed by atoms with Crippen molar-refractivity contribution >= 4 is 28.0 Å². The molecule has 0 spiro atoms. The SMILES string of the molecule is COC(=O)C1CN(C(=O)OC(C)(C)C)C[C@H]1Cc1cccc(OCCBr)c1. The number of esters is 1. The number of carbonyl (C=O) groups is 2. The first kappa shape index (κ1) is 21.5. The number of carbonyl (C=O) groups excluding carboxylic acids is 2. The highest BCUT2D eigenvalue weighted by Gasteiger charge is 2.41. The molecule has 0 aliphatic carbocycles. The van der Waals surface area contributed by atoms with E-state index in [1.54, 1.807) is 4.90 Å². The summed E-state index contributed by atoms with van der Waals surface area (Å²) >= 11 is 3.34. The van der Waals surface area contributed by atoms with Crippen molar-refractivity contribution in [1.82, 2.24) is 4.90 Å². The highest BCUT2D eigenvalue weighted by molar-refractivity contribution is 9.09. The van der Waals surface area contributed by atoms with E-state index in [0.29, 0.717) is 26.1 Å². The minimum Gasteiger partial charge on any atom is -0.493 e. The van der Waals surface area contributed by atoms with Gasteiger partial charge in [0.15, 0.2) is 0 Å². The molecule has 0 radical (unpaired) electrons. The third kappa shape index (κ3) is 6.41. The van der Waals surface area contributed by atoms with Crippen molar-refractivity contribution in [2.45, 2.75) is 32.8 Å². The number of hydrogen-bond donors (Lipinski definition) is 0. The lowest BCUT2D eigenvalue weighted by Gasteiger charge is -2.24. The number of benzene rings is 1. The lowest BCUT2D eigenvalue weighted by Crippen LogP contribution is -2.36. The molecule has 1 aliphatic heterocycles. The Hall–Kier alpha value is -1.76. The molecule has 1 heterocycles. The fraction of sp³-hybridized carbons (Fsp3) is 0.600. The molecule has 1 amide bonds. The van der Waals surface area contributed by atoms with Crippen LogP contribution in [-0.4, -0.2) is 54.7 Å². The van der Waals surface area contributed by atoms with Gasteiger partial charge in [-0.15, -0.1) is 0 Å². The maximum Gasteiger partial charge on any atom is 0.410 e. The van der Waals surface area contributed by atoms with Crippen LogP contribution >= 0.6 is 15.9 Å². The van der Waals surface area contributed by atoms with Crippen LogP contribution in [0.5, 0.6) is 5.75 Å². The zero-order valence-corrected chi connectivity index (χ0v) is 18.0. The summed E-state index contributed by atoms with van der Waals surface area (Å²) in [4.78, 5) is 26.3. The summed E-state index contributed by atoms with van der Waals surface area (Å²) in [5.74, 6) is 0.104. The number of alkyl halides is 1. The van der Waals surface area contributed by atoms with Crippen LogP contribution in [0.1, 0.15) is 26.3 Å². The normalized spacial score (nSPS) is 19.7. The topological polar surface area (TPSA) is 65.1 Å². The number of ether oxygens (including phenoxy) is 3. The fourth-order valence-electron chi connectivity index (χ4n) is 3.19. The zero-order chi connectivity index (χ0) is 20.0.